The van der Waals surface area contributed by atoms with Crippen molar-refractivity contribution in [1.82, 2.24) is 9.38 Å². The van der Waals surface area contributed by atoms with Crippen molar-refractivity contribution in [2.45, 2.75) is 6.92 Å². The molecule has 0 aliphatic rings. The third-order valence-electron chi connectivity index (χ3n) is 3.11. The quantitative estimate of drug-likeness (QED) is 0.618. The molecule has 3 aromatic rings. The Morgan fingerprint density at radius 3 is 2.63 bits per heavy atom. The van der Waals surface area contributed by atoms with Crippen molar-refractivity contribution >= 4 is 33.0 Å². The van der Waals surface area contributed by atoms with E-state index >= 15 is 0 Å². The normalized spacial score (nSPS) is 11.2. The van der Waals surface area contributed by atoms with Crippen LogP contribution in [0, 0.1) is 12.7 Å². The minimum Gasteiger partial charge on any atom is -0.315 e. The molecule has 0 aliphatic carbocycles. The van der Waals surface area contributed by atoms with E-state index in [2.05, 4.69) is 20.9 Å². The smallest absolute Gasteiger partial charge is 0.153 e. The Hall–Kier alpha value is -1.39. The molecule has 0 radical (unpaired) electrons. The molecule has 0 saturated heterocycles. The zero-order valence-electron chi connectivity index (χ0n) is 9.99. The molecule has 1 aromatic carbocycles. The fourth-order valence-corrected chi connectivity index (χ4v) is 3.02. The number of hydrogen-bond donors (Lipinski definition) is 0. The van der Waals surface area contributed by atoms with Crippen molar-refractivity contribution < 1.29 is 4.39 Å². The minimum atomic E-state index is -0.260. The van der Waals surface area contributed by atoms with Crippen LogP contribution < -0.4 is 0 Å². The molecule has 0 amide bonds. The maximum atomic E-state index is 13.0. The van der Waals surface area contributed by atoms with E-state index in [1.807, 2.05) is 17.5 Å². The van der Waals surface area contributed by atoms with Crippen LogP contribution in [0.25, 0.3) is 16.6 Å². The molecule has 0 fully saturated rings. The van der Waals surface area contributed by atoms with Crippen molar-refractivity contribution in [1.29, 1.82) is 0 Å². The van der Waals surface area contributed by atoms with E-state index in [1.54, 1.807) is 18.3 Å². The number of aryl methyl sites for hydroxylation is 1. The monoisotopic (exact) mass is 338 g/mol. The van der Waals surface area contributed by atoms with E-state index in [0.29, 0.717) is 5.15 Å². The van der Waals surface area contributed by atoms with Crippen LogP contribution in [0.3, 0.4) is 0 Å². The lowest BCUT2D eigenvalue weighted by atomic mass is 10.1. The largest absolute Gasteiger partial charge is 0.315 e. The Labute approximate surface area is 123 Å². The van der Waals surface area contributed by atoms with Crippen LogP contribution >= 0.6 is 27.5 Å². The predicted octanol–water partition coefficient (Wildman–Crippen LogP) is 4.86. The molecule has 2 heterocycles. The number of benzene rings is 1. The lowest BCUT2D eigenvalue weighted by Gasteiger charge is -2.03. The first kappa shape index (κ1) is 12.6. The molecule has 19 heavy (non-hydrogen) atoms. The van der Waals surface area contributed by atoms with Crippen LogP contribution in [0.2, 0.25) is 5.15 Å². The fraction of sp³-hybridized carbons (Fsp3) is 0.0714. The molecular formula is C14H9BrClFN2. The van der Waals surface area contributed by atoms with Crippen LogP contribution in [0.4, 0.5) is 4.39 Å². The summed E-state index contributed by atoms with van der Waals surface area (Å²) in [5, 5.41) is 0.427. The Morgan fingerprint density at radius 1 is 1.26 bits per heavy atom. The summed E-state index contributed by atoms with van der Waals surface area (Å²) in [6.45, 7) is 1.99. The number of fused-ring (bicyclic) bond motifs is 1. The van der Waals surface area contributed by atoms with E-state index < -0.39 is 0 Å². The molecule has 0 spiro atoms. The van der Waals surface area contributed by atoms with Gasteiger partial charge in [0.05, 0.1) is 5.52 Å². The molecule has 0 atom stereocenters. The van der Waals surface area contributed by atoms with E-state index in [0.717, 1.165) is 26.8 Å². The van der Waals surface area contributed by atoms with Crippen LogP contribution in [0.5, 0.6) is 0 Å². The number of aromatic nitrogens is 2. The van der Waals surface area contributed by atoms with Gasteiger partial charge in [-0.2, -0.15) is 0 Å². The van der Waals surface area contributed by atoms with Gasteiger partial charge in [0.15, 0.2) is 5.15 Å². The average molecular weight is 340 g/mol. The highest BCUT2D eigenvalue weighted by Crippen LogP contribution is 2.39. The van der Waals surface area contributed by atoms with Crippen LogP contribution in [-0.2, 0) is 0 Å². The number of rotatable bonds is 1. The molecule has 2 nitrogen and oxygen atoms in total. The zero-order valence-corrected chi connectivity index (χ0v) is 12.3. The summed E-state index contributed by atoms with van der Waals surface area (Å²) in [6, 6.07) is 6.34. The summed E-state index contributed by atoms with van der Waals surface area (Å²) in [4.78, 5) is 4.12. The van der Waals surface area contributed by atoms with Gasteiger partial charge in [0.1, 0.15) is 5.82 Å². The van der Waals surface area contributed by atoms with Gasteiger partial charge in [-0.15, -0.1) is 0 Å². The number of hydrogen-bond acceptors (Lipinski definition) is 1. The van der Waals surface area contributed by atoms with Crippen LogP contribution in [0.1, 0.15) is 5.69 Å². The lowest BCUT2D eigenvalue weighted by Crippen LogP contribution is -1.89. The van der Waals surface area contributed by atoms with Crippen molar-refractivity contribution in [3.8, 4) is 11.1 Å². The highest BCUT2D eigenvalue weighted by Gasteiger charge is 2.17. The van der Waals surface area contributed by atoms with Gasteiger partial charge in [0.25, 0.3) is 0 Å². The summed E-state index contributed by atoms with van der Waals surface area (Å²) in [7, 11) is 0. The first-order chi connectivity index (χ1) is 9.09. The van der Waals surface area contributed by atoms with Crippen molar-refractivity contribution in [2.75, 3.05) is 0 Å². The standard InChI is InChI=1S/C14H9BrClFN2/c1-8-12(15)11(9-2-4-10(17)5-3-9)13-14(16)18-6-7-19(8)13/h2-7H,1H3. The summed E-state index contributed by atoms with van der Waals surface area (Å²) >= 11 is 9.78. The van der Waals surface area contributed by atoms with Gasteiger partial charge in [0.2, 0.25) is 0 Å². The van der Waals surface area contributed by atoms with E-state index in [-0.39, 0.29) is 5.82 Å². The molecule has 2 aromatic heterocycles. The minimum absolute atomic E-state index is 0.260. The van der Waals surface area contributed by atoms with Gasteiger partial charge >= 0.3 is 0 Å². The Balaban J connectivity index is 2.40. The second-order valence-electron chi connectivity index (χ2n) is 4.22. The topological polar surface area (TPSA) is 17.3 Å². The number of halogens is 3. The molecule has 0 unspecified atom stereocenters. The predicted molar refractivity (Wildman–Crippen MR) is 78.0 cm³/mol. The van der Waals surface area contributed by atoms with E-state index in [9.17, 15) is 4.39 Å². The van der Waals surface area contributed by atoms with Gasteiger partial charge in [-0.25, -0.2) is 9.37 Å². The maximum absolute atomic E-state index is 13.0. The Morgan fingerprint density at radius 2 is 1.95 bits per heavy atom. The molecule has 3 rings (SSSR count). The third kappa shape index (κ3) is 1.95. The van der Waals surface area contributed by atoms with Crippen molar-refractivity contribution in [3.05, 3.63) is 57.8 Å². The molecule has 0 aliphatic heterocycles. The maximum Gasteiger partial charge on any atom is 0.153 e. The van der Waals surface area contributed by atoms with Crippen LogP contribution in [0.15, 0.2) is 41.1 Å². The second-order valence-corrected chi connectivity index (χ2v) is 5.37. The molecular weight excluding hydrogens is 331 g/mol. The summed E-state index contributed by atoms with van der Waals surface area (Å²) in [6.07, 6.45) is 3.51. The molecule has 96 valence electrons. The first-order valence-electron chi connectivity index (χ1n) is 5.66. The van der Waals surface area contributed by atoms with E-state index in [4.69, 9.17) is 11.6 Å². The van der Waals surface area contributed by atoms with Crippen molar-refractivity contribution in [3.63, 3.8) is 0 Å². The summed E-state index contributed by atoms with van der Waals surface area (Å²) < 4.78 is 16.0. The molecule has 5 heteroatoms. The molecule has 0 N–H and O–H groups in total. The first-order valence-corrected chi connectivity index (χ1v) is 6.83. The van der Waals surface area contributed by atoms with Gasteiger partial charge in [0, 0.05) is 28.1 Å². The lowest BCUT2D eigenvalue weighted by molar-refractivity contribution is 0.628. The van der Waals surface area contributed by atoms with Gasteiger partial charge in [-0.1, -0.05) is 23.7 Å². The summed E-state index contributed by atoms with van der Waals surface area (Å²) in [5.41, 5.74) is 3.67. The highest BCUT2D eigenvalue weighted by atomic mass is 79.9. The second kappa shape index (κ2) is 4.62. The fourth-order valence-electron chi connectivity index (χ4n) is 2.17. The van der Waals surface area contributed by atoms with E-state index in [1.165, 1.54) is 12.1 Å². The van der Waals surface area contributed by atoms with Gasteiger partial charge in [-0.3, -0.25) is 0 Å². The van der Waals surface area contributed by atoms with Crippen molar-refractivity contribution in [2.24, 2.45) is 0 Å². The average Bonchev–Trinajstić information content (AvgIpc) is 2.66. The zero-order chi connectivity index (χ0) is 13.6. The third-order valence-corrected chi connectivity index (χ3v) is 4.36. The molecule has 0 bridgehead atoms. The SMILES string of the molecule is Cc1c(Br)c(-c2ccc(F)cc2)c2c(Cl)nccn12. The summed E-state index contributed by atoms with van der Waals surface area (Å²) in [5.74, 6) is -0.260. The highest BCUT2D eigenvalue weighted by molar-refractivity contribution is 9.10. The van der Waals surface area contributed by atoms with Crippen LogP contribution in [-0.4, -0.2) is 9.38 Å². The Kier molecular flexibility index (Phi) is 3.07. The Bertz CT molecular complexity index is 765. The van der Waals surface area contributed by atoms with Gasteiger partial charge in [-0.05, 0) is 40.5 Å². The van der Waals surface area contributed by atoms with Gasteiger partial charge < -0.3 is 4.40 Å². The number of nitrogens with zero attached hydrogens (tertiary/aromatic N) is 2. The molecule has 0 saturated carbocycles.